The van der Waals surface area contributed by atoms with E-state index in [1.807, 2.05) is 23.0 Å². The van der Waals surface area contributed by atoms with Gasteiger partial charge in [-0.1, -0.05) is 6.07 Å². The molecule has 0 spiro atoms. The average molecular weight is 276 g/mol. The fourth-order valence-corrected chi connectivity index (χ4v) is 1.85. The zero-order chi connectivity index (χ0) is 14.4. The largest absolute Gasteiger partial charge is 0.490 e. The number of aromatic nitrogens is 2. The van der Waals surface area contributed by atoms with Gasteiger partial charge in [0, 0.05) is 31.5 Å². The van der Waals surface area contributed by atoms with Crippen molar-refractivity contribution in [1.82, 2.24) is 15.1 Å². The van der Waals surface area contributed by atoms with Gasteiger partial charge in [-0.2, -0.15) is 5.10 Å². The summed E-state index contributed by atoms with van der Waals surface area (Å²) < 4.78 is 6.79. The van der Waals surface area contributed by atoms with Crippen LogP contribution in [0.3, 0.4) is 0 Å². The summed E-state index contributed by atoms with van der Waals surface area (Å²) in [5.74, 6) is 0.273. The zero-order valence-corrected chi connectivity index (χ0v) is 11.2. The van der Waals surface area contributed by atoms with Crippen molar-refractivity contribution in [3.8, 4) is 5.75 Å². The van der Waals surface area contributed by atoms with E-state index in [1.165, 1.54) is 13.2 Å². The molecule has 0 aliphatic heterocycles. The lowest BCUT2D eigenvalue weighted by Gasteiger charge is -2.07. The number of hydrogen-bond donors (Lipinski definition) is 1. The number of ether oxygens (including phenoxy) is 1. The van der Waals surface area contributed by atoms with Crippen LogP contribution in [0.25, 0.3) is 0 Å². The predicted octanol–water partition coefficient (Wildman–Crippen LogP) is 1.59. The number of nitro groups is 1. The van der Waals surface area contributed by atoms with Gasteiger partial charge in [-0.25, -0.2) is 0 Å². The second-order valence-electron chi connectivity index (χ2n) is 4.21. The molecule has 20 heavy (non-hydrogen) atoms. The molecule has 106 valence electrons. The maximum absolute atomic E-state index is 10.9. The Bertz CT molecular complexity index is 569. The lowest BCUT2D eigenvalue weighted by atomic mass is 10.2. The standard InChI is InChI=1S/C13H16N4O3/c1-20-13-4-3-11(9-12(13)17(18)19)10-14-6-8-16-7-2-5-15-16/h2-5,7,9,14H,6,8,10H2,1H3. The summed E-state index contributed by atoms with van der Waals surface area (Å²) in [6.45, 7) is 2.05. The van der Waals surface area contributed by atoms with Crippen LogP contribution in [0.4, 0.5) is 5.69 Å². The van der Waals surface area contributed by atoms with Crippen molar-refractivity contribution in [3.63, 3.8) is 0 Å². The smallest absolute Gasteiger partial charge is 0.311 e. The molecule has 7 heteroatoms. The van der Waals surface area contributed by atoms with Crippen molar-refractivity contribution in [2.45, 2.75) is 13.1 Å². The second-order valence-corrected chi connectivity index (χ2v) is 4.21. The minimum atomic E-state index is -0.438. The van der Waals surface area contributed by atoms with Crippen LogP contribution in [0, 0.1) is 10.1 Å². The molecule has 2 rings (SSSR count). The van der Waals surface area contributed by atoms with Crippen LogP contribution in [0.2, 0.25) is 0 Å². The van der Waals surface area contributed by atoms with Crippen molar-refractivity contribution in [2.24, 2.45) is 0 Å². The van der Waals surface area contributed by atoms with E-state index in [0.717, 1.165) is 18.7 Å². The Labute approximate surface area is 116 Å². The van der Waals surface area contributed by atoms with Gasteiger partial charge in [0.2, 0.25) is 0 Å². The van der Waals surface area contributed by atoms with Crippen molar-refractivity contribution >= 4 is 5.69 Å². The molecule has 0 amide bonds. The van der Waals surface area contributed by atoms with Gasteiger partial charge in [-0.05, 0) is 17.7 Å². The normalized spacial score (nSPS) is 10.4. The molecular formula is C13H16N4O3. The molecule has 0 aliphatic rings. The first-order valence-corrected chi connectivity index (χ1v) is 6.20. The van der Waals surface area contributed by atoms with E-state index >= 15 is 0 Å². The average Bonchev–Trinajstić information content (AvgIpc) is 2.96. The van der Waals surface area contributed by atoms with Crippen molar-refractivity contribution < 1.29 is 9.66 Å². The number of methoxy groups -OCH3 is 1. The summed E-state index contributed by atoms with van der Waals surface area (Å²) >= 11 is 0. The van der Waals surface area contributed by atoms with Gasteiger partial charge < -0.3 is 10.1 Å². The third-order valence-corrected chi connectivity index (χ3v) is 2.85. The summed E-state index contributed by atoms with van der Waals surface area (Å²) in [7, 11) is 1.42. The van der Waals surface area contributed by atoms with Gasteiger partial charge in [-0.15, -0.1) is 0 Å². The number of nitrogens with one attached hydrogen (secondary N) is 1. The molecule has 1 aromatic heterocycles. The predicted molar refractivity (Wildman–Crippen MR) is 73.6 cm³/mol. The number of benzene rings is 1. The summed E-state index contributed by atoms with van der Waals surface area (Å²) in [6, 6.07) is 6.82. The molecule has 0 radical (unpaired) electrons. The fourth-order valence-electron chi connectivity index (χ4n) is 1.85. The first-order chi connectivity index (χ1) is 9.70. The summed E-state index contributed by atoms with van der Waals surface area (Å²) in [5.41, 5.74) is 0.830. The Kier molecular flexibility index (Phi) is 4.67. The molecule has 0 bridgehead atoms. The maximum Gasteiger partial charge on any atom is 0.311 e. The van der Waals surface area contributed by atoms with Crippen LogP contribution in [0.15, 0.2) is 36.7 Å². The van der Waals surface area contributed by atoms with E-state index in [9.17, 15) is 10.1 Å². The highest BCUT2D eigenvalue weighted by molar-refractivity contribution is 5.48. The van der Waals surface area contributed by atoms with E-state index in [0.29, 0.717) is 6.54 Å². The molecule has 0 saturated heterocycles. The summed E-state index contributed by atoms with van der Waals surface area (Å²) in [4.78, 5) is 10.5. The Hall–Kier alpha value is -2.41. The highest BCUT2D eigenvalue weighted by Crippen LogP contribution is 2.27. The molecule has 7 nitrogen and oxygen atoms in total. The highest BCUT2D eigenvalue weighted by Gasteiger charge is 2.14. The van der Waals surface area contributed by atoms with E-state index in [2.05, 4.69) is 10.4 Å². The van der Waals surface area contributed by atoms with Crippen LogP contribution < -0.4 is 10.1 Å². The third kappa shape index (κ3) is 3.55. The number of rotatable bonds is 7. The van der Waals surface area contributed by atoms with E-state index in [1.54, 1.807) is 12.3 Å². The lowest BCUT2D eigenvalue weighted by Crippen LogP contribution is -2.19. The van der Waals surface area contributed by atoms with Crippen molar-refractivity contribution in [3.05, 3.63) is 52.3 Å². The van der Waals surface area contributed by atoms with Crippen LogP contribution >= 0.6 is 0 Å². The molecular weight excluding hydrogens is 260 g/mol. The summed E-state index contributed by atoms with van der Waals surface area (Å²) in [6.07, 6.45) is 3.62. The molecule has 0 unspecified atom stereocenters. The van der Waals surface area contributed by atoms with Gasteiger partial charge in [0.1, 0.15) is 0 Å². The minimum Gasteiger partial charge on any atom is -0.490 e. The molecule has 2 aromatic rings. The van der Waals surface area contributed by atoms with Gasteiger partial charge in [0.25, 0.3) is 0 Å². The minimum absolute atomic E-state index is 0.0149. The molecule has 1 heterocycles. The van der Waals surface area contributed by atoms with Gasteiger partial charge >= 0.3 is 5.69 Å². The first-order valence-electron chi connectivity index (χ1n) is 6.20. The molecule has 1 aromatic carbocycles. The highest BCUT2D eigenvalue weighted by atomic mass is 16.6. The van der Waals surface area contributed by atoms with E-state index in [4.69, 9.17) is 4.74 Å². The second kappa shape index (κ2) is 6.67. The quantitative estimate of drug-likeness (QED) is 0.472. The fraction of sp³-hybridized carbons (Fsp3) is 0.308. The SMILES string of the molecule is COc1ccc(CNCCn2cccn2)cc1[N+](=O)[O-]. The molecule has 0 aliphatic carbocycles. The van der Waals surface area contributed by atoms with Gasteiger partial charge in [0.15, 0.2) is 5.75 Å². The number of nitrogens with zero attached hydrogens (tertiary/aromatic N) is 3. The molecule has 0 fully saturated rings. The molecule has 0 saturated carbocycles. The van der Waals surface area contributed by atoms with Gasteiger partial charge in [-0.3, -0.25) is 14.8 Å². The van der Waals surface area contributed by atoms with E-state index < -0.39 is 4.92 Å². The summed E-state index contributed by atoms with van der Waals surface area (Å²) in [5, 5.41) is 18.2. The van der Waals surface area contributed by atoms with E-state index in [-0.39, 0.29) is 11.4 Å². The Morgan fingerprint density at radius 2 is 2.35 bits per heavy atom. The maximum atomic E-state index is 10.9. The third-order valence-electron chi connectivity index (χ3n) is 2.85. The first kappa shape index (κ1) is 14.0. The van der Waals surface area contributed by atoms with Crippen molar-refractivity contribution in [2.75, 3.05) is 13.7 Å². The lowest BCUT2D eigenvalue weighted by molar-refractivity contribution is -0.385. The zero-order valence-electron chi connectivity index (χ0n) is 11.2. The van der Waals surface area contributed by atoms with Crippen LogP contribution in [-0.4, -0.2) is 28.4 Å². The van der Waals surface area contributed by atoms with Crippen LogP contribution in [0.1, 0.15) is 5.56 Å². The Morgan fingerprint density at radius 1 is 1.50 bits per heavy atom. The monoisotopic (exact) mass is 276 g/mol. The Balaban J connectivity index is 1.89. The topological polar surface area (TPSA) is 82.2 Å². The molecule has 0 atom stereocenters. The number of nitro benzene ring substituents is 1. The van der Waals surface area contributed by atoms with Crippen LogP contribution in [-0.2, 0) is 13.1 Å². The van der Waals surface area contributed by atoms with Crippen LogP contribution in [0.5, 0.6) is 5.75 Å². The van der Waals surface area contributed by atoms with Gasteiger partial charge in [0.05, 0.1) is 18.6 Å². The Morgan fingerprint density at radius 3 is 3.00 bits per heavy atom. The number of hydrogen-bond acceptors (Lipinski definition) is 5. The molecule has 1 N–H and O–H groups in total. The van der Waals surface area contributed by atoms with Crippen molar-refractivity contribution in [1.29, 1.82) is 0 Å².